The number of rotatable bonds is 6. The van der Waals surface area contributed by atoms with Gasteiger partial charge in [-0.2, -0.15) is 0 Å². The number of hydrogen-bond acceptors (Lipinski definition) is 1. The van der Waals surface area contributed by atoms with Gasteiger partial charge < -0.3 is 4.90 Å². The van der Waals surface area contributed by atoms with Gasteiger partial charge in [0.05, 0.1) is 5.69 Å². The Bertz CT molecular complexity index is 2490. The first-order valence-corrected chi connectivity index (χ1v) is 17.4. The molecule has 0 heterocycles. The summed E-state index contributed by atoms with van der Waals surface area (Å²) < 4.78 is 0. The van der Waals surface area contributed by atoms with E-state index >= 15 is 0 Å². The maximum Gasteiger partial charge on any atom is 0.0543 e. The first-order valence-electron chi connectivity index (χ1n) is 17.4. The van der Waals surface area contributed by atoms with E-state index in [0.29, 0.717) is 0 Å². The Morgan fingerprint density at radius 3 is 1.66 bits per heavy atom. The minimum atomic E-state index is -0.194. The molecule has 0 spiro atoms. The van der Waals surface area contributed by atoms with Gasteiger partial charge in [-0.05, 0) is 97.2 Å². The molecular formula is C49H37N. The third-order valence-electron chi connectivity index (χ3n) is 10.4. The van der Waals surface area contributed by atoms with Crippen molar-refractivity contribution in [3.8, 4) is 44.5 Å². The molecule has 0 unspecified atom stereocenters. The van der Waals surface area contributed by atoms with Crippen LogP contribution in [-0.4, -0.2) is 0 Å². The molecular weight excluding hydrogens is 603 g/mol. The van der Waals surface area contributed by atoms with Crippen LogP contribution < -0.4 is 4.90 Å². The Morgan fingerprint density at radius 2 is 0.940 bits per heavy atom. The van der Waals surface area contributed by atoms with Crippen LogP contribution in [0.5, 0.6) is 0 Å². The molecule has 0 bridgehead atoms. The van der Waals surface area contributed by atoms with Gasteiger partial charge in [0, 0.05) is 22.4 Å². The van der Waals surface area contributed by atoms with Crippen LogP contribution in [0, 0.1) is 0 Å². The lowest BCUT2D eigenvalue weighted by Gasteiger charge is -2.31. The van der Waals surface area contributed by atoms with E-state index in [4.69, 9.17) is 0 Å². The van der Waals surface area contributed by atoms with E-state index in [2.05, 4.69) is 207 Å². The number of anilines is 3. The zero-order valence-corrected chi connectivity index (χ0v) is 28.3. The van der Waals surface area contributed by atoms with Crippen LogP contribution in [0.4, 0.5) is 17.1 Å². The minimum Gasteiger partial charge on any atom is -0.310 e. The van der Waals surface area contributed by atoms with E-state index in [1.165, 1.54) is 66.4 Å². The van der Waals surface area contributed by atoms with E-state index in [1.807, 2.05) is 0 Å². The summed E-state index contributed by atoms with van der Waals surface area (Å²) in [5.74, 6) is 0. The fourth-order valence-electron chi connectivity index (χ4n) is 7.91. The summed E-state index contributed by atoms with van der Waals surface area (Å²) in [7, 11) is 0. The molecule has 1 nitrogen and oxygen atoms in total. The second-order valence-corrected chi connectivity index (χ2v) is 13.8. The van der Waals surface area contributed by atoms with Crippen molar-refractivity contribution < 1.29 is 0 Å². The molecule has 0 aliphatic heterocycles. The summed E-state index contributed by atoms with van der Waals surface area (Å²) >= 11 is 0. The maximum atomic E-state index is 2.48. The quantitative estimate of drug-likeness (QED) is 0.175. The van der Waals surface area contributed by atoms with Gasteiger partial charge in [0.25, 0.3) is 0 Å². The van der Waals surface area contributed by atoms with E-state index < -0.39 is 0 Å². The van der Waals surface area contributed by atoms with Crippen LogP contribution in [0.15, 0.2) is 188 Å². The first kappa shape index (κ1) is 29.9. The molecule has 0 saturated carbocycles. The lowest BCUT2D eigenvalue weighted by Crippen LogP contribution is -2.17. The van der Waals surface area contributed by atoms with Crippen LogP contribution in [0.3, 0.4) is 0 Å². The highest BCUT2D eigenvalue weighted by Crippen LogP contribution is 2.56. The molecule has 0 amide bonds. The van der Waals surface area contributed by atoms with Crippen molar-refractivity contribution in [2.24, 2.45) is 0 Å². The molecule has 0 atom stereocenters. The molecule has 8 aromatic rings. The summed E-state index contributed by atoms with van der Waals surface area (Å²) in [6.07, 6.45) is 0. The van der Waals surface area contributed by atoms with Gasteiger partial charge in [-0.3, -0.25) is 0 Å². The van der Waals surface area contributed by atoms with Crippen molar-refractivity contribution >= 4 is 27.8 Å². The number of fused-ring (bicyclic) bond motifs is 4. The molecule has 0 radical (unpaired) electrons. The summed E-state index contributed by atoms with van der Waals surface area (Å²) in [6.45, 7) is 4.77. The lowest BCUT2D eigenvalue weighted by atomic mass is 9.81. The van der Waals surface area contributed by atoms with Crippen LogP contribution in [0.25, 0.3) is 55.3 Å². The average molecular weight is 640 g/mol. The van der Waals surface area contributed by atoms with Crippen molar-refractivity contribution in [3.63, 3.8) is 0 Å². The van der Waals surface area contributed by atoms with Gasteiger partial charge in [-0.25, -0.2) is 0 Å². The highest BCUT2D eigenvalue weighted by Gasteiger charge is 2.38. The maximum absolute atomic E-state index is 2.48. The van der Waals surface area contributed by atoms with Crippen molar-refractivity contribution in [2.75, 3.05) is 4.90 Å². The van der Waals surface area contributed by atoms with Crippen molar-refractivity contribution in [1.29, 1.82) is 0 Å². The minimum absolute atomic E-state index is 0.194. The SMILES string of the molecule is CC1(C)c2cc(N(c3cccc(-c4ccccc4)c3)c3ccc4ccccc4c3)c(-c3ccccc3)cc2-c2c(-c3ccccc3)cccc21. The Hall–Kier alpha value is -6.18. The molecule has 1 aliphatic rings. The van der Waals surface area contributed by atoms with Crippen molar-refractivity contribution in [1.82, 2.24) is 0 Å². The predicted molar refractivity (Wildman–Crippen MR) is 213 cm³/mol. The number of benzene rings is 8. The smallest absolute Gasteiger partial charge is 0.0543 e. The third-order valence-corrected chi connectivity index (χ3v) is 10.4. The highest BCUT2D eigenvalue weighted by atomic mass is 15.1. The molecule has 0 fully saturated rings. The lowest BCUT2D eigenvalue weighted by molar-refractivity contribution is 0.660. The average Bonchev–Trinajstić information content (AvgIpc) is 3.41. The molecule has 0 saturated heterocycles. The Balaban J connectivity index is 1.34. The summed E-state index contributed by atoms with van der Waals surface area (Å²) in [5.41, 5.74) is 15.9. The van der Waals surface area contributed by atoms with Gasteiger partial charge in [0.1, 0.15) is 0 Å². The van der Waals surface area contributed by atoms with Crippen LogP contribution >= 0.6 is 0 Å². The highest BCUT2D eigenvalue weighted by molar-refractivity contribution is 6.00. The molecule has 238 valence electrons. The largest absolute Gasteiger partial charge is 0.310 e. The molecule has 8 aromatic carbocycles. The van der Waals surface area contributed by atoms with E-state index in [9.17, 15) is 0 Å². The monoisotopic (exact) mass is 639 g/mol. The topological polar surface area (TPSA) is 3.24 Å². The second kappa shape index (κ2) is 12.1. The standard InChI is InChI=1S/C49H37N/c1-49(2)45-27-15-26-42(36-19-8-4-9-20-36)48(45)44-32-43(37-21-10-5-11-22-37)47(33-46(44)49)50(41-29-28-35-18-12-13-23-38(35)31-41)40-25-14-24-39(30-40)34-16-6-3-7-17-34/h3-33H,1-2H3. The molecule has 0 N–H and O–H groups in total. The van der Waals surface area contributed by atoms with Gasteiger partial charge >= 0.3 is 0 Å². The van der Waals surface area contributed by atoms with Crippen molar-refractivity contribution in [2.45, 2.75) is 19.3 Å². The van der Waals surface area contributed by atoms with E-state index in [0.717, 1.165) is 17.1 Å². The summed E-state index contributed by atoms with van der Waals surface area (Å²) in [6, 6.07) is 68.7. The Kier molecular flexibility index (Phi) is 7.21. The first-order chi connectivity index (χ1) is 24.6. The summed E-state index contributed by atoms with van der Waals surface area (Å²) in [4.78, 5) is 2.47. The molecule has 1 heteroatoms. The summed E-state index contributed by atoms with van der Waals surface area (Å²) in [5, 5.41) is 2.45. The molecule has 0 aromatic heterocycles. The molecule has 50 heavy (non-hydrogen) atoms. The third kappa shape index (κ3) is 5.02. The van der Waals surface area contributed by atoms with E-state index in [1.54, 1.807) is 0 Å². The fraction of sp³-hybridized carbons (Fsp3) is 0.0612. The molecule has 9 rings (SSSR count). The van der Waals surface area contributed by atoms with Crippen LogP contribution in [0.2, 0.25) is 0 Å². The van der Waals surface area contributed by atoms with Gasteiger partial charge in [-0.15, -0.1) is 0 Å². The van der Waals surface area contributed by atoms with Crippen molar-refractivity contribution in [3.05, 3.63) is 199 Å². The Labute approximate surface area is 294 Å². The van der Waals surface area contributed by atoms with Crippen LogP contribution in [-0.2, 0) is 5.41 Å². The predicted octanol–water partition coefficient (Wildman–Crippen LogP) is 13.6. The van der Waals surface area contributed by atoms with E-state index in [-0.39, 0.29) is 5.41 Å². The normalized spacial score (nSPS) is 12.8. The Morgan fingerprint density at radius 1 is 0.360 bits per heavy atom. The van der Waals surface area contributed by atoms with Crippen LogP contribution in [0.1, 0.15) is 25.0 Å². The van der Waals surface area contributed by atoms with Gasteiger partial charge in [-0.1, -0.05) is 166 Å². The number of nitrogens with zero attached hydrogens (tertiary/aromatic N) is 1. The number of hydrogen-bond donors (Lipinski definition) is 0. The van der Waals surface area contributed by atoms with Gasteiger partial charge in [0.2, 0.25) is 0 Å². The fourth-order valence-corrected chi connectivity index (χ4v) is 7.91. The second-order valence-electron chi connectivity index (χ2n) is 13.8. The molecule has 1 aliphatic carbocycles. The zero-order valence-electron chi connectivity index (χ0n) is 28.3. The zero-order chi connectivity index (χ0) is 33.7. The van der Waals surface area contributed by atoms with Gasteiger partial charge in [0.15, 0.2) is 0 Å².